The third-order valence-electron chi connectivity index (χ3n) is 3.65. The first-order valence-electron chi connectivity index (χ1n) is 6.61. The van der Waals surface area contributed by atoms with Crippen LogP contribution in [0, 0.1) is 5.82 Å². The molecule has 4 nitrogen and oxygen atoms in total. The number of halogens is 1. The van der Waals surface area contributed by atoms with Crippen molar-refractivity contribution in [3.05, 3.63) is 46.1 Å². The lowest BCUT2D eigenvalue weighted by atomic mass is 9.96. The van der Waals surface area contributed by atoms with Gasteiger partial charge in [0.2, 0.25) is 0 Å². The average molecular weight is 271 g/mol. The summed E-state index contributed by atoms with van der Waals surface area (Å²) in [6.45, 7) is 0.706. The molecule has 0 saturated carbocycles. The number of rotatable bonds is 2. The fourth-order valence-electron chi connectivity index (χ4n) is 2.60. The van der Waals surface area contributed by atoms with Crippen LogP contribution in [0.25, 0.3) is 0 Å². The number of pyridine rings is 1. The molecule has 0 atom stereocenters. The number of anilines is 3. The number of hydrogen-bond acceptors (Lipinski definition) is 3. The quantitative estimate of drug-likeness (QED) is 0.783. The molecule has 3 N–H and O–H groups in total. The van der Waals surface area contributed by atoms with E-state index in [1.54, 1.807) is 10.6 Å². The van der Waals surface area contributed by atoms with Crippen LogP contribution < -0.4 is 22.1 Å². The molecule has 3 rings (SSSR count). The van der Waals surface area contributed by atoms with Crippen molar-refractivity contribution >= 4 is 30.4 Å². The molecule has 1 aliphatic heterocycles. The van der Waals surface area contributed by atoms with E-state index in [-0.39, 0.29) is 11.4 Å². The largest absolute Gasteiger partial charge is 0.396 e. The molecule has 2 heterocycles. The van der Waals surface area contributed by atoms with E-state index >= 15 is 0 Å². The normalized spacial score (nSPS) is 13.2. The van der Waals surface area contributed by atoms with Crippen molar-refractivity contribution in [2.45, 2.75) is 19.4 Å². The van der Waals surface area contributed by atoms with Crippen molar-refractivity contribution in [1.82, 2.24) is 4.57 Å². The van der Waals surface area contributed by atoms with Gasteiger partial charge in [0.05, 0.1) is 17.1 Å². The van der Waals surface area contributed by atoms with Gasteiger partial charge in [-0.1, -0.05) is 11.5 Å². The van der Waals surface area contributed by atoms with E-state index in [9.17, 15) is 9.18 Å². The van der Waals surface area contributed by atoms with E-state index in [0.717, 1.165) is 24.0 Å². The van der Waals surface area contributed by atoms with Crippen LogP contribution in [0.3, 0.4) is 0 Å². The zero-order valence-corrected chi connectivity index (χ0v) is 11.2. The predicted octanol–water partition coefficient (Wildman–Crippen LogP) is 0.518. The van der Waals surface area contributed by atoms with Crippen LogP contribution in [-0.2, 0) is 13.0 Å². The minimum absolute atomic E-state index is 0.0956. The number of nitrogens with zero attached hydrogens (tertiary/aromatic N) is 1. The molecular weight excluding hydrogens is 256 g/mol. The van der Waals surface area contributed by atoms with Crippen molar-refractivity contribution in [2.24, 2.45) is 0 Å². The molecule has 1 aromatic heterocycles. The summed E-state index contributed by atoms with van der Waals surface area (Å²) in [4.78, 5) is 12.0. The highest BCUT2D eigenvalue weighted by Gasteiger charge is 2.18. The van der Waals surface area contributed by atoms with Crippen LogP contribution >= 0.6 is 0 Å². The molecule has 0 fully saturated rings. The number of benzene rings is 1. The van der Waals surface area contributed by atoms with Crippen molar-refractivity contribution in [2.75, 3.05) is 11.1 Å². The van der Waals surface area contributed by atoms with E-state index < -0.39 is 0 Å². The van der Waals surface area contributed by atoms with Crippen LogP contribution in [0.2, 0.25) is 0 Å². The zero-order valence-electron chi connectivity index (χ0n) is 11.2. The monoisotopic (exact) mass is 271 g/mol. The average Bonchev–Trinajstić information content (AvgIpc) is 2.88. The molecule has 0 unspecified atom stereocenters. The zero-order chi connectivity index (χ0) is 14.3. The third kappa shape index (κ3) is 2.07. The topological polar surface area (TPSA) is 60.0 Å². The van der Waals surface area contributed by atoms with Gasteiger partial charge in [-0.3, -0.25) is 4.79 Å². The number of nitrogens with two attached hydrogens (primary N) is 1. The highest BCUT2D eigenvalue weighted by molar-refractivity contribution is 6.32. The maximum absolute atomic E-state index is 13.9. The Hall–Kier alpha value is -2.24. The van der Waals surface area contributed by atoms with Gasteiger partial charge >= 0.3 is 0 Å². The molecule has 2 aromatic rings. The fourth-order valence-corrected chi connectivity index (χ4v) is 2.60. The third-order valence-corrected chi connectivity index (χ3v) is 3.65. The molecule has 0 spiro atoms. The second-order valence-corrected chi connectivity index (χ2v) is 5.12. The van der Waals surface area contributed by atoms with Gasteiger partial charge in [-0.2, -0.15) is 0 Å². The number of hydrogen-bond donors (Lipinski definition) is 2. The summed E-state index contributed by atoms with van der Waals surface area (Å²) in [6, 6.07) is 6.33. The van der Waals surface area contributed by atoms with Gasteiger partial charge in [0.1, 0.15) is 13.7 Å². The van der Waals surface area contributed by atoms with Gasteiger partial charge in [0, 0.05) is 18.3 Å². The van der Waals surface area contributed by atoms with Gasteiger partial charge in [0.25, 0.3) is 5.56 Å². The van der Waals surface area contributed by atoms with Crippen molar-refractivity contribution in [3.8, 4) is 0 Å². The molecule has 6 heteroatoms. The first-order chi connectivity index (χ1) is 9.56. The highest BCUT2D eigenvalue weighted by Crippen LogP contribution is 2.28. The van der Waals surface area contributed by atoms with Gasteiger partial charge in [-0.15, -0.1) is 0 Å². The predicted molar refractivity (Wildman–Crippen MR) is 81.3 cm³/mol. The highest BCUT2D eigenvalue weighted by atomic mass is 19.1. The standard InChI is InChI=1S/C14H15BFN3O/c15-8-3-4-10(9(16)6-8)18-11-7-13(20)19-5-1-2-12(19)14(11)17/h3-4,6-7,18H,1-2,5,15,17H2. The molecule has 0 aliphatic carbocycles. The Morgan fingerprint density at radius 1 is 1.30 bits per heavy atom. The molecule has 102 valence electrons. The van der Waals surface area contributed by atoms with Crippen LogP contribution in [-0.4, -0.2) is 12.4 Å². The summed E-state index contributed by atoms with van der Waals surface area (Å²) in [5, 5.41) is 2.92. The Labute approximate surface area is 116 Å². The summed E-state index contributed by atoms with van der Waals surface area (Å²) in [6.07, 6.45) is 1.70. The Morgan fingerprint density at radius 2 is 2.10 bits per heavy atom. The number of nitrogen functional groups attached to an aromatic ring is 1. The smallest absolute Gasteiger partial charge is 0.252 e. The first-order valence-corrected chi connectivity index (χ1v) is 6.61. The van der Waals surface area contributed by atoms with Crippen LogP contribution in [0.15, 0.2) is 29.1 Å². The second-order valence-electron chi connectivity index (χ2n) is 5.12. The molecular formula is C14H15BFN3O. The maximum atomic E-state index is 13.9. The van der Waals surface area contributed by atoms with Crippen LogP contribution in [0.1, 0.15) is 12.1 Å². The molecule has 0 amide bonds. The van der Waals surface area contributed by atoms with E-state index in [1.807, 2.05) is 13.9 Å². The Balaban J connectivity index is 2.03. The lowest BCUT2D eigenvalue weighted by Gasteiger charge is -2.14. The minimum Gasteiger partial charge on any atom is -0.396 e. The van der Waals surface area contributed by atoms with Crippen LogP contribution in [0.4, 0.5) is 21.5 Å². The Bertz CT molecular complexity index is 742. The van der Waals surface area contributed by atoms with Crippen molar-refractivity contribution in [1.29, 1.82) is 0 Å². The minimum atomic E-state index is -0.356. The molecule has 20 heavy (non-hydrogen) atoms. The SMILES string of the molecule is Bc1ccc(Nc2cc(=O)n3c(c2N)CCC3)c(F)c1. The first kappa shape index (κ1) is 12.8. The lowest BCUT2D eigenvalue weighted by Crippen LogP contribution is -2.21. The summed E-state index contributed by atoms with van der Waals surface area (Å²) >= 11 is 0. The summed E-state index contributed by atoms with van der Waals surface area (Å²) in [7, 11) is 1.82. The summed E-state index contributed by atoms with van der Waals surface area (Å²) in [5.74, 6) is -0.356. The molecule has 1 aliphatic rings. The number of nitrogens with one attached hydrogen (secondary N) is 1. The van der Waals surface area contributed by atoms with Gasteiger partial charge in [-0.25, -0.2) is 4.39 Å². The van der Waals surface area contributed by atoms with E-state index in [0.29, 0.717) is 23.6 Å². The van der Waals surface area contributed by atoms with Crippen LogP contribution in [0.5, 0.6) is 0 Å². The van der Waals surface area contributed by atoms with Crippen molar-refractivity contribution < 1.29 is 4.39 Å². The van der Waals surface area contributed by atoms with Gasteiger partial charge in [-0.05, 0) is 25.0 Å². The number of fused-ring (bicyclic) bond motifs is 1. The van der Waals surface area contributed by atoms with E-state index in [1.165, 1.54) is 12.1 Å². The lowest BCUT2D eigenvalue weighted by molar-refractivity contribution is 0.633. The van der Waals surface area contributed by atoms with E-state index in [4.69, 9.17) is 5.73 Å². The van der Waals surface area contributed by atoms with Gasteiger partial charge in [0.15, 0.2) is 0 Å². The molecule has 0 radical (unpaired) electrons. The molecule has 0 saturated heterocycles. The Kier molecular flexibility index (Phi) is 3.01. The second kappa shape index (κ2) is 4.70. The van der Waals surface area contributed by atoms with Crippen molar-refractivity contribution in [3.63, 3.8) is 0 Å². The molecule has 0 bridgehead atoms. The van der Waals surface area contributed by atoms with Gasteiger partial charge < -0.3 is 15.6 Å². The summed E-state index contributed by atoms with van der Waals surface area (Å²) < 4.78 is 15.5. The molecule has 1 aromatic carbocycles. The Morgan fingerprint density at radius 3 is 2.85 bits per heavy atom. The summed E-state index contributed by atoms with van der Waals surface area (Å²) in [5.41, 5.74) is 9.01. The van der Waals surface area contributed by atoms with E-state index in [2.05, 4.69) is 5.32 Å². The maximum Gasteiger partial charge on any atom is 0.252 e. The number of aromatic nitrogens is 1. The fraction of sp³-hybridized carbons (Fsp3) is 0.214.